The number of carbonyl (C=O) groups excluding carboxylic acids is 1. The molecule has 104 valence electrons. The summed E-state index contributed by atoms with van der Waals surface area (Å²) in [6, 6.07) is 12.2. The van der Waals surface area contributed by atoms with Gasteiger partial charge in [0.1, 0.15) is 5.75 Å². The van der Waals surface area contributed by atoms with E-state index in [2.05, 4.69) is 0 Å². The zero-order chi connectivity index (χ0) is 14.8. The minimum atomic E-state index is -3.85. The Labute approximate surface area is 121 Å². The predicted molar refractivity (Wildman–Crippen MR) is 75.9 cm³/mol. The number of ketones is 1. The molecule has 0 aliphatic heterocycles. The summed E-state index contributed by atoms with van der Waals surface area (Å²) in [4.78, 5) is 12.1. The van der Waals surface area contributed by atoms with Crippen molar-refractivity contribution < 1.29 is 17.9 Å². The molecule has 2 aromatic rings. The molecule has 0 heterocycles. The lowest BCUT2D eigenvalue weighted by atomic mass is 10.0. The second-order valence-electron chi connectivity index (χ2n) is 4.02. The van der Waals surface area contributed by atoms with Gasteiger partial charge in [0.15, 0.2) is 5.78 Å². The van der Waals surface area contributed by atoms with Crippen LogP contribution in [0, 0.1) is 0 Å². The van der Waals surface area contributed by atoms with Crippen molar-refractivity contribution in [3.63, 3.8) is 0 Å². The standard InChI is InChI=1S/C14H11ClO4S/c1-19-12-7-5-10(6-8-12)14(16)11-3-2-4-13(9-11)20(15,17)18/h2-9H,1H3. The van der Waals surface area contributed by atoms with Gasteiger partial charge in [0.25, 0.3) is 9.05 Å². The molecule has 0 atom stereocenters. The van der Waals surface area contributed by atoms with Gasteiger partial charge in [-0.3, -0.25) is 4.79 Å². The van der Waals surface area contributed by atoms with E-state index < -0.39 is 9.05 Å². The van der Waals surface area contributed by atoms with Gasteiger partial charge in [0.05, 0.1) is 12.0 Å². The number of rotatable bonds is 4. The lowest BCUT2D eigenvalue weighted by molar-refractivity contribution is 0.103. The van der Waals surface area contributed by atoms with Crippen LogP contribution >= 0.6 is 10.7 Å². The largest absolute Gasteiger partial charge is 0.497 e. The summed E-state index contributed by atoms with van der Waals surface area (Å²) in [5, 5.41) is 0. The monoisotopic (exact) mass is 310 g/mol. The van der Waals surface area contributed by atoms with E-state index in [0.29, 0.717) is 11.3 Å². The number of hydrogen-bond donors (Lipinski definition) is 0. The molecule has 0 N–H and O–H groups in total. The first-order valence-corrected chi connectivity index (χ1v) is 7.96. The SMILES string of the molecule is COc1ccc(C(=O)c2cccc(S(=O)(=O)Cl)c2)cc1. The molecule has 0 fully saturated rings. The van der Waals surface area contributed by atoms with Crippen LogP contribution in [-0.4, -0.2) is 21.3 Å². The van der Waals surface area contributed by atoms with E-state index in [-0.39, 0.29) is 16.2 Å². The summed E-state index contributed by atoms with van der Waals surface area (Å²) in [5.74, 6) is 0.355. The van der Waals surface area contributed by atoms with Gasteiger partial charge in [-0.25, -0.2) is 8.42 Å². The Morgan fingerprint density at radius 3 is 2.25 bits per heavy atom. The fourth-order valence-corrected chi connectivity index (χ4v) is 2.49. The summed E-state index contributed by atoms with van der Waals surface area (Å²) in [5.41, 5.74) is 0.701. The van der Waals surface area contributed by atoms with Gasteiger partial charge < -0.3 is 4.74 Å². The molecule has 4 nitrogen and oxygen atoms in total. The van der Waals surface area contributed by atoms with E-state index in [1.54, 1.807) is 24.3 Å². The van der Waals surface area contributed by atoms with Crippen molar-refractivity contribution in [2.45, 2.75) is 4.90 Å². The van der Waals surface area contributed by atoms with Crippen molar-refractivity contribution in [3.05, 3.63) is 59.7 Å². The first-order chi connectivity index (χ1) is 9.41. The van der Waals surface area contributed by atoms with Crippen LogP contribution in [0.25, 0.3) is 0 Å². The molecule has 0 amide bonds. The highest BCUT2D eigenvalue weighted by molar-refractivity contribution is 8.13. The summed E-state index contributed by atoms with van der Waals surface area (Å²) < 4.78 is 27.5. The molecule has 2 rings (SSSR count). The third-order valence-corrected chi connectivity index (χ3v) is 4.08. The first-order valence-electron chi connectivity index (χ1n) is 5.65. The number of carbonyl (C=O) groups is 1. The Kier molecular flexibility index (Phi) is 4.11. The molecule has 0 spiro atoms. The van der Waals surface area contributed by atoms with E-state index in [9.17, 15) is 13.2 Å². The number of ether oxygens (including phenoxy) is 1. The smallest absolute Gasteiger partial charge is 0.261 e. The van der Waals surface area contributed by atoms with E-state index in [0.717, 1.165) is 0 Å². The van der Waals surface area contributed by atoms with Crippen molar-refractivity contribution >= 4 is 25.5 Å². The lowest BCUT2D eigenvalue weighted by Crippen LogP contribution is -2.02. The molecule has 20 heavy (non-hydrogen) atoms. The normalized spacial score (nSPS) is 11.1. The fraction of sp³-hybridized carbons (Fsp3) is 0.0714. The van der Waals surface area contributed by atoms with Gasteiger partial charge in [-0.15, -0.1) is 0 Å². The minimum Gasteiger partial charge on any atom is -0.497 e. The summed E-state index contributed by atoms with van der Waals surface area (Å²) >= 11 is 0. The van der Waals surface area contributed by atoms with Gasteiger partial charge in [-0.05, 0) is 36.4 Å². The highest BCUT2D eigenvalue weighted by Crippen LogP contribution is 2.19. The maximum Gasteiger partial charge on any atom is 0.261 e. The predicted octanol–water partition coefficient (Wildman–Crippen LogP) is 2.85. The zero-order valence-electron chi connectivity index (χ0n) is 10.5. The molecule has 0 aliphatic rings. The van der Waals surface area contributed by atoms with Crippen LogP contribution in [-0.2, 0) is 9.05 Å². The molecular formula is C14H11ClO4S. The van der Waals surface area contributed by atoms with Crippen LogP contribution in [0.2, 0.25) is 0 Å². The van der Waals surface area contributed by atoms with Crippen molar-refractivity contribution in [1.82, 2.24) is 0 Å². The molecule has 0 bridgehead atoms. The Morgan fingerprint density at radius 2 is 1.70 bits per heavy atom. The zero-order valence-corrected chi connectivity index (χ0v) is 12.1. The van der Waals surface area contributed by atoms with Crippen LogP contribution in [0.5, 0.6) is 5.75 Å². The number of halogens is 1. The van der Waals surface area contributed by atoms with Gasteiger partial charge >= 0.3 is 0 Å². The van der Waals surface area contributed by atoms with Crippen LogP contribution in [0.15, 0.2) is 53.4 Å². The van der Waals surface area contributed by atoms with E-state index in [1.807, 2.05) is 0 Å². The lowest BCUT2D eigenvalue weighted by Gasteiger charge is -2.04. The summed E-state index contributed by atoms with van der Waals surface area (Å²) in [6.07, 6.45) is 0. The van der Waals surface area contributed by atoms with Crippen LogP contribution < -0.4 is 4.74 Å². The maximum absolute atomic E-state index is 12.2. The Morgan fingerprint density at radius 1 is 1.05 bits per heavy atom. The van der Waals surface area contributed by atoms with E-state index in [1.165, 1.54) is 31.4 Å². The Bertz CT molecular complexity index is 736. The topological polar surface area (TPSA) is 60.4 Å². The minimum absolute atomic E-state index is 0.0986. The van der Waals surface area contributed by atoms with Gasteiger partial charge in [-0.1, -0.05) is 12.1 Å². The van der Waals surface area contributed by atoms with Crippen molar-refractivity contribution in [3.8, 4) is 5.75 Å². The average Bonchev–Trinajstić information content (AvgIpc) is 2.46. The first kappa shape index (κ1) is 14.6. The Hall–Kier alpha value is -1.85. The van der Waals surface area contributed by atoms with E-state index in [4.69, 9.17) is 15.4 Å². The molecule has 6 heteroatoms. The molecule has 0 unspecified atom stereocenters. The van der Waals surface area contributed by atoms with Crippen molar-refractivity contribution in [1.29, 1.82) is 0 Å². The Balaban J connectivity index is 2.38. The third kappa shape index (κ3) is 3.18. The summed E-state index contributed by atoms with van der Waals surface area (Å²) in [7, 11) is 2.95. The molecule has 0 radical (unpaired) electrons. The van der Waals surface area contributed by atoms with Gasteiger partial charge in [0.2, 0.25) is 0 Å². The fourth-order valence-electron chi connectivity index (χ4n) is 1.70. The van der Waals surface area contributed by atoms with Crippen LogP contribution in [0.4, 0.5) is 0 Å². The van der Waals surface area contributed by atoms with Gasteiger partial charge in [-0.2, -0.15) is 0 Å². The third-order valence-electron chi connectivity index (χ3n) is 2.73. The summed E-state index contributed by atoms with van der Waals surface area (Å²) in [6.45, 7) is 0. The molecular weight excluding hydrogens is 300 g/mol. The maximum atomic E-state index is 12.2. The van der Waals surface area contributed by atoms with E-state index >= 15 is 0 Å². The number of benzene rings is 2. The average molecular weight is 311 g/mol. The quantitative estimate of drug-likeness (QED) is 0.643. The van der Waals surface area contributed by atoms with Gasteiger partial charge in [0, 0.05) is 21.8 Å². The molecule has 0 saturated carbocycles. The van der Waals surface area contributed by atoms with Crippen LogP contribution in [0.3, 0.4) is 0 Å². The molecule has 0 aromatic heterocycles. The second kappa shape index (κ2) is 5.64. The number of methoxy groups -OCH3 is 1. The molecule has 2 aromatic carbocycles. The highest BCUT2D eigenvalue weighted by atomic mass is 35.7. The molecule has 0 aliphatic carbocycles. The van der Waals surface area contributed by atoms with Crippen molar-refractivity contribution in [2.24, 2.45) is 0 Å². The molecule has 0 saturated heterocycles. The van der Waals surface area contributed by atoms with Crippen molar-refractivity contribution in [2.75, 3.05) is 7.11 Å². The van der Waals surface area contributed by atoms with Crippen LogP contribution in [0.1, 0.15) is 15.9 Å². The highest BCUT2D eigenvalue weighted by Gasteiger charge is 2.14. The second-order valence-corrected chi connectivity index (χ2v) is 6.59. The number of hydrogen-bond acceptors (Lipinski definition) is 4.